The minimum Gasteiger partial charge on any atom is -0.347 e. The van der Waals surface area contributed by atoms with Crippen molar-refractivity contribution in [2.45, 2.75) is 25.8 Å². The molecule has 3 N–H and O–H groups in total. The van der Waals surface area contributed by atoms with Crippen LogP contribution in [0.1, 0.15) is 35.0 Å². The van der Waals surface area contributed by atoms with Gasteiger partial charge in [0.1, 0.15) is 9.71 Å². The van der Waals surface area contributed by atoms with Crippen LogP contribution >= 0.6 is 11.3 Å². The first-order valence-electron chi connectivity index (χ1n) is 11.5. The van der Waals surface area contributed by atoms with Gasteiger partial charge in [0.05, 0.1) is 28.7 Å². The highest BCUT2D eigenvalue weighted by Gasteiger charge is 2.33. The molecular weight excluding hydrogens is 460 g/mol. The van der Waals surface area contributed by atoms with Gasteiger partial charge in [0.15, 0.2) is 0 Å². The van der Waals surface area contributed by atoms with Gasteiger partial charge in [-0.25, -0.2) is 9.78 Å². The summed E-state index contributed by atoms with van der Waals surface area (Å²) in [5, 5.41) is 10.1. The van der Waals surface area contributed by atoms with Gasteiger partial charge in [-0.1, -0.05) is 30.3 Å². The van der Waals surface area contributed by atoms with E-state index in [0.29, 0.717) is 26.8 Å². The Kier molecular flexibility index (Phi) is 6.43. The molecule has 0 saturated carbocycles. The van der Waals surface area contributed by atoms with Crippen molar-refractivity contribution in [1.82, 2.24) is 15.6 Å². The quantitative estimate of drug-likeness (QED) is 0.345. The van der Waals surface area contributed by atoms with Crippen LogP contribution in [0.25, 0.3) is 15.8 Å². The Morgan fingerprint density at radius 2 is 2.14 bits per heavy atom. The number of nitrogens with one attached hydrogen (secondary N) is 3. The van der Waals surface area contributed by atoms with E-state index in [2.05, 4.69) is 32.6 Å². The maximum Gasteiger partial charge on any atom is 0.331 e. The van der Waals surface area contributed by atoms with E-state index in [9.17, 15) is 9.59 Å². The summed E-state index contributed by atoms with van der Waals surface area (Å²) >= 11 is 1.28. The lowest BCUT2D eigenvalue weighted by atomic mass is 10.1. The number of benzene rings is 1. The van der Waals surface area contributed by atoms with Gasteiger partial charge in [0.2, 0.25) is 0 Å². The second kappa shape index (κ2) is 9.81. The predicted molar refractivity (Wildman–Crippen MR) is 142 cm³/mol. The van der Waals surface area contributed by atoms with Crippen LogP contribution in [0.3, 0.4) is 0 Å². The van der Waals surface area contributed by atoms with Crippen molar-refractivity contribution in [2.24, 2.45) is 4.99 Å². The molecule has 0 radical (unpaired) electrons. The molecule has 3 amide bonds. The zero-order chi connectivity index (χ0) is 24.4. The Bertz CT molecular complexity index is 1350. The predicted octanol–water partition coefficient (Wildman–Crippen LogP) is 4.78. The van der Waals surface area contributed by atoms with E-state index >= 15 is 0 Å². The van der Waals surface area contributed by atoms with E-state index in [0.717, 1.165) is 42.5 Å². The molecule has 1 aromatic carbocycles. The molecule has 1 atom stereocenters. The van der Waals surface area contributed by atoms with Crippen molar-refractivity contribution >= 4 is 57.2 Å². The fraction of sp³-hybridized carbons (Fsp3) is 0.231. The minimum absolute atomic E-state index is 0.0659. The van der Waals surface area contributed by atoms with E-state index in [1.54, 1.807) is 23.4 Å². The second-order valence-corrected chi connectivity index (χ2v) is 9.53. The van der Waals surface area contributed by atoms with Gasteiger partial charge in [-0.3, -0.25) is 14.7 Å². The number of amides is 3. The molecule has 0 spiro atoms. The molecule has 0 unspecified atom stereocenters. The van der Waals surface area contributed by atoms with Gasteiger partial charge in [0.25, 0.3) is 5.91 Å². The summed E-state index contributed by atoms with van der Waals surface area (Å²) in [7, 11) is 0. The zero-order valence-electron chi connectivity index (χ0n) is 19.4. The zero-order valence-corrected chi connectivity index (χ0v) is 20.2. The third kappa shape index (κ3) is 4.48. The van der Waals surface area contributed by atoms with Crippen LogP contribution in [0.5, 0.6) is 0 Å². The number of allylic oxidation sites excluding steroid dienone is 2. The number of hydrogen-bond acceptors (Lipinski definition) is 6. The first-order chi connectivity index (χ1) is 17.1. The number of pyridine rings is 1. The lowest BCUT2D eigenvalue weighted by Crippen LogP contribution is -2.45. The Morgan fingerprint density at radius 3 is 2.89 bits per heavy atom. The highest BCUT2D eigenvalue weighted by Crippen LogP contribution is 2.44. The molecule has 1 fully saturated rings. The number of urea groups is 1. The summed E-state index contributed by atoms with van der Waals surface area (Å²) in [6.45, 7) is 7.28. The first-order valence-corrected chi connectivity index (χ1v) is 12.3. The highest BCUT2D eigenvalue weighted by molar-refractivity contribution is 7.21. The number of hydrogen-bond donors (Lipinski definition) is 3. The largest absolute Gasteiger partial charge is 0.347 e. The SMILES string of the molecule is C=N/C=C(\C=C(/C)c1ccccc1)N1C(=O)Nc2c(C(=O)N[C@@H]3CCCNC3)sc3nccc1c23. The molecule has 2 aromatic heterocycles. The Hall–Kier alpha value is -3.82. The Balaban J connectivity index is 1.54. The number of piperidine rings is 1. The van der Waals surface area contributed by atoms with E-state index in [-0.39, 0.29) is 18.0 Å². The van der Waals surface area contributed by atoms with Crippen LogP contribution in [0.2, 0.25) is 0 Å². The summed E-state index contributed by atoms with van der Waals surface area (Å²) in [4.78, 5) is 37.7. The number of carbonyl (C=O) groups excluding carboxylic acids is 2. The molecule has 178 valence electrons. The number of anilines is 2. The minimum atomic E-state index is -0.371. The molecule has 35 heavy (non-hydrogen) atoms. The van der Waals surface area contributed by atoms with Gasteiger partial charge >= 0.3 is 6.03 Å². The van der Waals surface area contributed by atoms with Crippen molar-refractivity contribution in [1.29, 1.82) is 0 Å². The standard InChI is InChI=1S/C26H26N6O2S/c1-16(17-7-4-3-5-8-17)13-19(15-27-2)32-20-10-12-29-25-21(20)22(31-26(32)34)23(35-25)24(33)30-18-9-6-11-28-14-18/h3-5,7-8,10,12-13,15,18,28H,2,6,9,11,14H2,1H3,(H,30,33)(H,31,34)/b16-13+,19-15+/t18-/m1/s1. The summed E-state index contributed by atoms with van der Waals surface area (Å²) in [5.41, 5.74) is 3.71. The number of rotatable bonds is 6. The normalized spacial score (nSPS) is 18.4. The average molecular weight is 487 g/mol. The van der Waals surface area contributed by atoms with Crippen LogP contribution in [-0.2, 0) is 0 Å². The molecule has 9 heteroatoms. The van der Waals surface area contributed by atoms with Crippen molar-refractivity contribution in [3.8, 4) is 0 Å². The Labute approximate surface area is 207 Å². The third-order valence-corrected chi connectivity index (χ3v) is 7.26. The number of aromatic nitrogens is 1. The summed E-state index contributed by atoms with van der Waals surface area (Å²) in [5.74, 6) is -0.195. The lowest BCUT2D eigenvalue weighted by Gasteiger charge is -2.29. The monoisotopic (exact) mass is 486 g/mol. The van der Waals surface area contributed by atoms with Crippen LogP contribution in [0, 0.1) is 0 Å². The third-order valence-electron chi connectivity index (χ3n) is 6.16. The van der Waals surface area contributed by atoms with E-state index in [4.69, 9.17) is 0 Å². The number of carbonyl (C=O) groups is 2. The fourth-order valence-corrected chi connectivity index (χ4v) is 5.51. The van der Waals surface area contributed by atoms with E-state index in [1.165, 1.54) is 11.3 Å². The Morgan fingerprint density at radius 1 is 1.31 bits per heavy atom. The van der Waals surface area contributed by atoms with Gasteiger partial charge in [-0.2, -0.15) is 0 Å². The summed E-state index contributed by atoms with van der Waals surface area (Å²) in [6.07, 6.45) is 7.06. The van der Waals surface area contributed by atoms with Crippen molar-refractivity contribution in [2.75, 3.05) is 23.3 Å². The van der Waals surface area contributed by atoms with Crippen LogP contribution in [0.15, 0.2) is 65.6 Å². The van der Waals surface area contributed by atoms with Crippen molar-refractivity contribution in [3.05, 3.63) is 71.0 Å². The van der Waals surface area contributed by atoms with Gasteiger partial charge < -0.3 is 16.0 Å². The molecule has 8 nitrogen and oxygen atoms in total. The number of nitrogens with zero attached hydrogens (tertiary/aromatic N) is 3. The summed E-state index contributed by atoms with van der Waals surface area (Å²) in [6, 6.07) is 11.4. The molecule has 1 saturated heterocycles. The van der Waals surface area contributed by atoms with Crippen LogP contribution < -0.4 is 20.9 Å². The van der Waals surface area contributed by atoms with Gasteiger partial charge in [-0.15, -0.1) is 11.3 Å². The topological polar surface area (TPSA) is 98.7 Å². The molecular formula is C26H26N6O2S. The molecule has 3 aromatic rings. The number of aliphatic imine (C=N–C) groups is 1. The maximum absolute atomic E-state index is 13.4. The molecule has 4 heterocycles. The first kappa shape index (κ1) is 22.9. The lowest BCUT2D eigenvalue weighted by molar-refractivity contribution is 0.0935. The molecule has 2 aliphatic rings. The molecule has 0 bridgehead atoms. The smallest absolute Gasteiger partial charge is 0.331 e. The van der Waals surface area contributed by atoms with Crippen molar-refractivity contribution in [3.63, 3.8) is 0 Å². The summed E-state index contributed by atoms with van der Waals surface area (Å²) < 4.78 is 0. The number of thiophene rings is 1. The molecule has 0 aliphatic carbocycles. The molecule has 2 aliphatic heterocycles. The van der Waals surface area contributed by atoms with E-state index < -0.39 is 0 Å². The van der Waals surface area contributed by atoms with Crippen LogP contribution in [-0.4, -0.2) is 42.8 Å². The highest BCUT2D eigenvalue weighted by atomic mass is 32.1. The fourth-order valence-electron chi connectivity index (χ4n) is 4.49. The van der Waals surface area contributed by atoms with Gasteiger partial charge in [0, 0.05) is 18.8 Å². The van der Waals surface area contributed by atoms with Crippen molar-refractivity contribution < 1.29 is 9.59 Å². The van der Waals surface area contributed by atoms with Crippen LogP contribution in [0.4, 0.5) is 16.2 Å². The maximum atomic E-state index is 13.4. The average Bonchev–Trinajstić information content (AvgIpc) is 3.25. The van der Waals surface area contributed by atoms with E-state index in [1.807, 2.05) is 43.3 Å². The second-order valence-electron chi connectivity index (χ2n) is 8.53. The van der Waals surface area contributed by atoms with Gasteiger partial charge in [-0.05, 0) is 56.3 Å². The molecule has 5 rings (SSSR count).